The molecule has 2 aromatic rings. The van der Waals surface area contributed by atoms with Crippen molar-refractivity contribution < 1.29 is 31.5 Å². The lowest BCUT2D eigenvalue weighted by Gasteiger charge is -2.15. The number of amides is 1. The van der Waals surface area contributed by atoms with E-state index >= 15 is 0 Å². The van der Waals surface area contributed by atoms with Crippen molar-refractivity contribution in [3.63, 3.8) is 0 Å². The van der Waals surface area contributed by atoms with Crippen molar-refractivity contribution in [2.24, 2.45) is 5.10 Å². The molecule has 1 aliphatic rings. The second-order valence-corrected chi connectivity index (χ2v) is 7.56. The maximum absolute atomic E-state index is 14.1. The molecule has 4 nitrogen and oxygen atoms in total. The molecule has 2 aromatic carbocycles. The number of halogens is 7. The summed E-state index contributed by atoms with van der Waals surface area (Å²) in [5, 5.41) is 3.83. The first-order chi connectivity index (χ1) is 13.6. The molecule has 0 saturated carbocycles. The van der Waals surface area contributed by atoms with Crippen LogP contribution in [0.1, 0.15) is 12.5 Å². The van der Waals surface area contributed by atoms with Gasteiger partial charge < -0.3 is 4.74 Å². The zero-order valence-corrected chi connectivity index (χ0v) is 17.8. The van der Waals surface area contributed by atoms with E-state index < -0.39 is 40.7 Å². The van der Waals surface area contributed by atoms with Crippen molar-refractivity contribution in [1.82, 2.24) is 0 Å². The van der Waals surface area contributed by atoms with E-state index in [0.29, 0.717) is 20.3 Å². The molecule has 1 amide bonds. The third-order valence-corrected chi connectivity index (χ3v) is 5.05. The molecule has 0 N–H and O–H groups in total. The van der Waals surface area contributed by atoms with E-state index in [2.05, 4.69) is 37.0 Å². The van der Waals surface area contributed by atoms with E-state index in [1.165, 1.54) is 20.1 Å². The van der Waals surface area contributed by atoms with Crippen LogP contribution in [-0.2, 0) is 4.79 Å². The van der Waals surface area contributed by atoms with Crippen LogP contribution in [0.4, 0.5) is 27.6 Å². The Bertz CT molecular complexity index is 1090. The van der Waals surface area contributed by atoms with Gasteiger partial charge in [0, 0.05) is 10.0 Å². The highest BCUT2D eigenvalue weighted by Crippen LogP contribution is 2.37. The Morgan fingerprint density at radius 3 is 2.10 bits per heavy atom. The molecule has 0 unspecified atom stereocenters. The lowest BCUT2D eigenvalue weighted by Crippen LogP contribution is -2.25. The second-order valence-electron chi connectivity index (χ2n) is 5.79. The predicted octanol–water partition coefficient (Wildman–Crippen LogP) is 5.72. The van der Waals surface area contributed by atoms with Crippen LogP contribution in [0.2, 0.25) is 0 Å². The van der Waals surface area contributed by atoms with Gasteiger partial charge in [0.2, 0.25) is 5.82 Å². The number of hydrogen-bond donors (Lipinski definition) is 0. The van der Waals surface area contributed by atoms with Gasteiger partial charge in [0.25, 0.3) is 5.91 Å². The van der Waals surface area contributed by atoms with E-state index in [1.807, 2.05) is 0 Å². The van der Waals surface area contributed by atoms with Crippen LogP contribution in [0, 0.1) is 29.1 Å². The van der Waals surface area contributed by atoms with Gasteiger partial charge >= 0.3 is 0 Å². The standard InChI is InChI=1S/C18H9Br2F5N2O2/c1-6-9(4-7-3-8(19)5-10(20)17(7)29-2)18(28)27(26-6)16-14(24)12(22)11(21)13(23)15(16)25/h3-5H,1-2H3/b9-4-. The Morgan fingerprint density at radius 1 is 1.00 bits per heavy atom. The topological polar surface area (TPSA) is 41.9 Å². The van der Waals surface area contributed by atoms with Gasteiger partial charge in [-0.2, -0.15) is 10.1 Å². The Hall–Kier alpha value is -2.27. The average Bonchev–Trinajstić information content (AvgIpc) is 2.93. The molecule has 1 aliphatic heterocycles. The fourth-order valence-electron chi connectivity index (χ4n) is 2.67. The lowest BCUT2D eigenvalue weighted by atomic mass is 10.1. The van der Waals surface area contributed by atoms with Crippen molar-refractivity contribution >= 4 is 55.2 Å². The number of benzene rings is 2. The smallest absolute Gasteiger partial charge is 0.280 e. The highest BCUT2D eigenvalue weighted by atomic mass is 79.9. The lowest BCUT2D eigenvalue weighted by molar-refractivity contribution is -0.114. The van der Waals surface area contributed by atoms with Crippen LogP contribution in [-0.4, -0.2) is 18.7 Å². The van der Waals surface area contributed by atoms with E-state index in [0.717, 1.165) is 0 Å². The largest absolute Gasteiger partial charge is 0.495 e. The monoisotopic (exact) mass is 538 g/mol. The molecule has 3 rings (SSSR count). The third-order valence-electron chi connectivity index (χ3n) is 4.00. The number of methoxy groups -OCH3 is 1. The SMILES string of the molecule is COc1c(Br)cc(Br)cc1/C=C1\C(=O)N(c2c(F)c(F)c(F)c(F)c2F)N=C1C. The summed E-state index contributed by atoms with van der Waals surface area (Å²) in [6, 6.07) is 3.30. The van der Waals surface area contributed by atoms with Gasteiger partial charge in [0.05, 0.1) is 22.9 Å². The molecule has 0 aromatic heterocycles. The van der Waals surface area contributed by atoms with Gasteiger partial charge in [0.1, 0.15) is 11.4 Å². The summed E-state index contributed by atoms with van der Waals surface area (Å²) in [5.41, 5.74) is -1.14. The van der Waals surface area contributed by atoms with Crippen molar-refractivity contribution in [2.45, 2.75) is 6.92 Å². The van der Waals surface area contributed by atoms with Crippen LogP contribution in [0.25, 0.3) is 6.08 Å². The number of nitrogens with zero attached hydrogens (tertiary/aromatic N) is 2. The Morgan fingerprint density at radius 2 is 1.55 bits per heavy atom. The average molecular weight is 540 g/mol. The first-order valence-corrected chi connectivity index (χ1v) is 9.33. The minimum atomic E-state index is -2.32. The third kappa shape index (κ3) is 3.57. The van der Waals surface area contributed by atoms with E-state index in [4.69, 9.17) is 4.74 Å². The molecule has 0 aliphatic carbocycles. The van der Waals surface area contributed by atoms with Crippen molar-refractivity contribution in [3.05, 3.63) is 61.3 Å². The number of ether oxygens (including phenoxy) is 1. The fourth-order valence-corrected chi connectivity index (χ4v) is 4.09. The number of rotatable bonds is 3. The number of carbonyl (C=O) groups is 1. The van der Waals surface area contributed by atoms with Crippen LogP contribution >= 0.6 is 31.9 Å². The Labute approximate surface area is 177 Å². The molecule has 1 heterocycles. The van der Waals surface area contributed by atoms with Crippen LogP contribution in [0.3, 0.4) is 0 Å². The maximum atomic E-state index is 14.1. The molecular formula is C18H9Br2F5N2O2. The molecule has 0 spiro atoms. The van der Waals surface area contributed by atoms with E-state index in [1.54, 1.807) is 12.1 Å². The minimum Gasteiger partial charge on any atom is -0.495 e. The Balaban J connectivity index is 2.14. The molecule has 29 heavy (non-hydrogen) atoms. The van der Waals surface area contributed by atoms with Crippen LogP contribution in [0.5, 0.6) is 5.75 Å². The summed E-state index contributed by atoms with van der Waals surface area (Å²) < 4.78 is 75.0. The van der Waals surface area contributed by atoms with Gasteiger partial charge in [-0.15, -0.1) is 0 Å². The van der Waals surface area contributed by atoms with Gasteiger partial charge in [0.15, 0.2) is 23.3 Å². The Kier molecular flexibility index (Phi) is 5.81. The van der Waals surface area contributed by atoms with Gasteiger partial charge in [-0.1, -0.05) is 15.9 Å². The highest BCUT2D eigenvalue weighted by molar-refractivity contribution is 9.11. The summed E-state index contributed by atoms with van der Waals surface area (Å²) >= 11 is 6.59. The zero-order chi connectivity index (χ0) is 21.6. The number of hydrazone groups is 1. The highest BCUT2D eigenvalue weighted by Gasteiger charge is 2.37. The quantitative estimate of drug-likeness (QED) is 0.217. The van der Waals surface area contributed by atoms with E-state index in [-0.39, 0.29) is 16.3 Å². The molecule has 0 atom stereocenters. The number of carbonyl (C=O) groups excluding carboxylic acids is 1. The molecule has 152 valence electrons. The van der Waals surface area contributed by atoms with Gasteiger partial charge in [-0.3, -0.25) is 4.79 Å². The maximum Gasteiger partial charge on any atom is 0.280 e. The van der Waals surface area contributed by atoms with Gasteiger partial charge in [-0.05, 0) is 41.1 Å². The molecule has 11 heteroatoms. The molecule has 0 bridgehead atoms. The first kappa shape index (κ1) is 21.4. The minimum absolute atomic E-state index is 0.0112. The van der Waals surface area contributed by atoms with Crippen molar-refractivity contribution in [3.8, 4) is 5.75 Å². The first-order valence-electron chi connectivity index (χ1n) is 7.74. The normalized spacial score (nSPS) is 15.3. The molecule has 0 saturated heterocycles. The fraction of sp³-hybridized carbons (Fsp3) is 0.111. The molecule has 0 radical (unpaired) electrons. The van der Waals surface area contributed by atoms with Crippen molar-refractivity contribution in [1.29, 1.82) is 0 Å². The summed E-state index contributed by atoms with van der Waals surface area (Å²) in [6.45, 7) is 1.36. The van der Waals surface area contributed by atoms with Crippen molar-refractivity contribution in [2.75, 3.05) is 12.1 Å². The molecule has 0 fully saturated rings. The summed E-state index contributed by atoms with van der Waals surface area (Å²) in [4.78, 5) is 12.7. The zero-order valence-electron chi connectivity index (χ0n) is 14.6. The van der Waals surface area contributed by atoms with E-state index in [9.17, 15) is 26.7 Å². The second kappa shape index (κ2) is 7.86. The van der Waals surface area contributed by atoms with Gasteiger partial charge in [-0.25, -0.2) is 22.0 Å². The summed E-state index contributed by atoms with van der Waals surface area (Å²) in [7, 11) is 1.40. The van der Waals surface area contributed by atoms with Crippen LogP contribution < -0.4 is 9.75 Å². The summed E-state index contributed by atoms with van der Waals surface area (Å²) in [5.74, 6) is -11.7. The predicted molar refractivity (Wildman–Crippen MR) is 103 cm³/mol. The molecular weight excluding hydrogens is 531 g/mol. The van der Waals surface area contributed by atoms with Crippen LogP contribution in [0.15, 0.2) is 31.8 Å². The number of anilines is 1. The number of hydrogen-bond acceptors (Lipinski definition) is 3. The summed E-state index contributed by atoms with van der Waals surface area (Å²) in [6.07, 6.45) is 1.33.